The van der Waals surface area contributed by atoms with Gasteiger partial charge in [0.25, 0.3) is 0 Å². The van der Waals surface area contributed by atoms with E-state index in [1.54, 1.807) is 0 Å². The standard InChI is InChI=1S/C13H18F6O5/c1-6-7(2)8(20)22-11(12(14,15)16,13(17,18)19)24-9(21)23-10(3,4)5/h7H,6H2,1-5H3. The van der Waals surface area contributed by atoms with Crippen molar-refractivity contribution in [3.8, 4) is 0 Å². The van der Waals surface area contributed by atoms with Gasteiger partial charge < -0.3 is 14.2 Å². The molecule has 0 fully saturated rings. The van der Waals surface area contributed by atoms with Gasteiger partial charge in [-0.25, -0.2) is 4.79 Å². The van der Waals surface area contributed by atoms with E-state index in [2.05, 4.69) is 14.2 Å². The second kappa shape index (κ2) is 7.06. The second-order valence-corrected chi connectivity index (χ2v) is 5.91. The van der Waals surface area contributed by atoms with Crippen molar-refractivity contribution in [3.05, 3.63) is 0 Å². The summed E-state index contributed by atoms with van der Waals surface area (Å²) in [7, 11) is 0. The average Bonchev–Trinajstić information content (AvgIpc) is 2.31. The van der Waals surface area contributed by atoms with Crippen molar-refractivity contribution in [2.24, 2.45) is 5.92 Å². The number of rotatable bonds is 4. The molecule has 0 aromatic rings. The van der Waals surface area contributed by atoms with Crippen molar-refractivity contribution in [1.82, 2.24) is 0 Å². The second-order valence-electron chi connectivity index (χ2n) is 5.91. The van der Waals surface area contributed by atoms with Crippen LogP contribution in [0.3, 0.4) is 0 Å². The van der Waals surface area contributed by atoms with E-state index in [1.807, 2.05) is 0 Å². The van der Waals surface area contributed by atoms with Crippen LogP contribution >= 0.6 is 0 Å². The van der Waals surface area contributed by atoms with Crippen LogP contribution in [-0.2, 0) is 19.0 Å². The molecule has 0 heterocycles. The van der Waals surface area contributed by atoms with Gasteiger partial charge in [0, 0.05) is 0 Å². The number of hydrogen-bond donors (Lipinski definition) is 0. The van der Waals surface area contributed by atoms with Gasteiger partial charge in [-0.2, -0.15) is 26.3 Å². The Morgan fingerprint density at radius 3 is 1.58 bits per heavy atom. The van der Waals surface area contributed by atoms with Crippen LogP contribution in [0.4, 0.5) is 31.1 Å². The highest BCUT2D eigenvalue weighted by molar-refractivity contribution is 5.73. The maximum atomic E-state index is 13.1. The smallest absolute Gasteiger partial charge is 0.428 e. The number of alkyl halides is 6. The topological polar surface area (TPSA) is 61.8 Å². The SMILES string of the molecule is CCC(C)C(=O)OC(OC(=O)OC(C)(C)C)(C(F)(F)F)C(F)(F)F. The molecular formula is C13H18F6O5. The van der Waals surface area contributed by atoms with Gasteiger partial charge in [-0.15, -0.1) is 0 Å². The van der Waals surface area contributed by atoms with E-state index < -0.39 is 41.8 Å². The molecule has 0 aliphatic heterocycles. The first-order valence-electron chi connectivity index (χ1n) is 6.75. The summed E-state index contributed by atoms with van der Waals surface area (Å²) in [5, 5.41) is 0. The van der Waals surface area contributed by atoms with E-state index in [9.17, 15) is 35.9 Å². The number of ether oxygens (including phenoxy) is 3. The van der Waals surface area contributed by atoms with E-state index in [1.165, 1.54) is 27.7 Å². The molecule has 0 amide bonds. The van der Waals surface area contributed by atoms with Crippen LogP contribution in [0.2, 0.25) is 0 Å². The third-order valence-electron chi connectivity index (χ3n) is 2.62. The predicted molar refractivity (Wildman–Crippen MR) is 67.7 cm³/mol. The van der Waals surface area contributed by atoms with Gasteiger partial charge in [-0.05, 0) is 27.2 Å². The number of halogens is 6. The summed E-state index contributed by atoms with van der Waals surface area (Å²) in [6, 6.07) is 0. The van der Waals surface area contributed by atoms with E-state index in [-0.39, 0.29) is 6.42 Å². The lowest BCUT2D eigenvalue weighted by Gasteiger charge is -2.35. The van der Waals surface area contributed by atoms with E-state index >= 15 is 0 Å². The summed E-state index contributed by atoms with van der Waals surface area (Å²) < 4.78 is 89.7. The van der Waals surface area contributed by atoms with Gasteiger partial charge in [0.1, 0.15) is 5.60 Å². The van der Waals surface area contributed by atoms with E-state index in [0.29, 0.717) is 0 Å². The molecule has 0 N–H and O–H groups in total. The largest absolute Gasteiger partial charge is 0.512 e. The number of esters is 1. The summed E-state index contributed by atoms with van der Waals surface area (Å²) in [6.07, 6.45) is -14.9. The van der Waals surface area contributed by atoms with Crippen molar-refractivity contribution in [1.29, 1.82) is 0 Å². The Morgan fingerprint density at radius 1 is 0.875 bits per heavy atom. The highest BCUT2D eigenvalue weighted by Gasteiger charge is 2.79. The molecule has 24 heavy (non-hydrogen) atoms. The Kier molecular flexibility index (Phi) is 6.56. The molecular weight excluding hydrogens is 350 g/mol. The molecule has 1 atom stereocenters. The molecule has 0 aliphatic rings. The van der Waals surface area contributed by atoms with Gasteiger partial charge in [-0.1, -0.05) is 13.8 Å². The first kappa shape index (κ1) is 22.3. The molecule has 0 spiro atoms. The zero-order chi connectivity index (χ0) is 19.6. The molecule has 11 heteroatoms. The normalized spacial score (nSPS) is 14.8. The molecule has 5 nitrogen and oxygen atoms in total. The quantitative estimate of drug-likeness (QED) is 0.419. The Bertz CT molecular complexity index is 449. The van der Waals surface area contributed by atoms with Crippen molar-refractivity contribution in [2.45, 2.75) is 64.8 Å². The lowest BCUT2D eigenvalue weighted by molar-refractivity contribution is -0.444. The summed E-state index contributed by atoms with van der Waals surface area (Å²) >= 11 is 0. The average molecular weight is 368 g/mol. The highest BCUT2D eigenvalue weighted by atomic mass is 19.4. The highest BCUT2D eigenvalue weighted by Crippen LogP contribution is 2.47. The third kappa shape index (κ3) is 5.45. The predicted octanol–water partition coefficient (Wildman–Crippen LogP) is 4.35. The van der Waals surface area contributed by atoms with Crippen LogP contribution < -0.4 is 0 Å². The molecule has 0 bridgehead atoms. The fourth-order valence-corrected chi connectivity index (χ4v) is 1.21. The van der Waals surface area contributed by atoms with Crippen LogP contribution in [-0.4, -0.2) is 35.9 Å². The lowest BCUT2D eigenvalue weighted by atomic mass is 10.1. The van der Waals surface area contributed by atoms with Crippen LogP contribution in [0.1, 0.15) is 41.0 Å². The third-order valence-corrected chi connectivity index (χ3v) is 2.62. The van der Waals surface area contributed by atoms with Crippen molar-refractivity contribution >= 4 is 12.1 Å². The molecule has 0 saturated heterocycles. The van der Waals surface area contributed by atoms with Gasteiger partial charge in [-0.3, -0.25) is 4.79 Å². The molecule has 1 unspecified atom stereocenters. The lowest BCUT2D eigenvalue weighted by Crippen LogP contribution is -2.63. The minimum Gasteiger partial charge on any atom is -0.428 e. The maximum absolute atomic E-state index is 13.1. The Balaban J connectivity index is 5.89. The van der Waals surface area contributed by atoms with Gasteiger partial charge >= 0.3 is 30.3 Å². The fourth-order valence-electron chi connectivity index (χ4n) is 1.21. The summed E-state index contributed by atoms with van der Waals surface area (Å²) in [4.78, 5) is 22.8. The number of hydrogen-bond acceptors (Lipinski definition) is 5. The monoisotopic (exact) mass is 368 g/mol. The first-order chi connectivity index (χ1) is 10.5. The van der Waals surface area contributed by atoms with Gasteiger partial charge in [0.15, 0.2) is 0 Å². The van der Waals surface area contributed by atoms with E-state index in [0.717, 1.165) is 6.92 Å². The molecule has 0 aromatic carbocycles. The minimum absolute atomic E-state index is 0.0862. The van der Waals surface area contributed by atoms with Gasteiger partial charge in [0.2, 0.25) is 0 Å². The summed E-state index contributed by atoms with van der Waals surface area (Å²) in [5.41, 5.74) is -1.43. The van der Waals surface area contributed by atoms with Crippen LogP contribution in [0, 0.1) is 5.92 Å². The first-order valence-corrected chi connectivity index (χ1v) is 6.75. The van der Waals surface area contributed by atoms with Crippen molar-refractivity contribution in [2.75, 3.05) is 0 Å². The van der Waals surface area contributed by atoms with Gasteiger partial charge in [0.05, 0.1) is 5.92 Å². The zero-order valence-electron chi connectivity index (χ0n) is 13.6. The van der Waals surface area contributed by atoms with Crippen LogP contribution in [0.5, 0.6) is 0 Å². The molecule has 0 saturated carbocycles. The molecule has 0 aliphatic carbocycles. The molecule has 0 radical (unpaired) electrons. The van der Waals surface area contributed by atoms with E-state index in [4.69, 9.17) is 0 Å². The summed E-state index contributed by atoms with van der Waals surface area (Å²) in [5.74, 6) is -8.56. The summed E-state index contributed by atoms with van der Waals surface area (Å²) in [6.45, 7) is 6.00. The Morgan fingerprint density at radius 2 is 1.29 bits per heavy atom. The Labute approximate surface area is 134 Å². The fraction of sp³-hybridized carbons (Fsp3) is 0.846. The molecule has 0 rings (SSSR count). The van der Waals surface area contributed by atoms with Crippen LogP contribution in [0.25, 0.3) is 0 Å². The number of carbonyl (C=O) groups excluding carboxylic acids is 2. The zero-order valence-corrected chi connectivity index (χ0v) is 13.6. The molecule has 0 aromatic heterocycles. The molecule has 142 valence electrons. The number of carbonyl (C=O) groups is 2. The van der Waals surface area contributed by atoms with Crippen LogP contribution in [0.15, 0.2) is 0 Å². The maximum Gasteiger partial charge on any atom is 0.512 e. The Hall–Kier alpha value is -1.68. The minimum atomic E-state index is -6.27. The van der Waals surface area contributed by atoms with Crippen molar-refractivity contribution in [3.63, 3.8) is 0 Å². The van der Waals surface area contributed by atoms with Crippen molar-refractivity contribution < 1.29 is 50.1 Å².